The molecule has 2 aromatic rings. The number of Topliss-reactive ketones (excluding diaryl/α,β-unsaturated/α-hetero) is 1. The molecule has 21 heavy (non-hydrogen) atoms. The number of ether oxygens (including phenoxy) is 1. The minimum Gasteiger partial charge on any atom is -0.485 e. The molecule has 0 radical (unpaired) electrons. The van der Waals surface area contributed by atoms with E-state index in [9.17, 15) is 14.0 Å². The van der Waals surface area contributed by atoms with Crippen molar-refractivity contribution in [1.82, 2.24) is 0 Å². The van der Waals surface area contributed by atoms with E-state index >= 15 is 0 Å². The fourth-order valence-electron chi connectivity index (χ4n) is 1.71. The minimum absolute atomic E-state index is 0.134. The SMILES string of the molecule is CC(=O)Nc1ccc(OCC(=O)c2ccc(F)cc2)cc1. The largest absolute Gasteiger partial charge is 0.485 e. The van der Waals surface area contributed by atoms with E-state index in [1.165, 1.54) is 31.2 Å². The molecule has 0 saturated carbocycles. The molecule has 108 valence electrons. The molecule has 0 atom stereocenters. The maximum atomic E-state index is 12.8. The predicted molar refractivity (Wildman–Crippen MR) is 77.0 cm³/mol. The van der Waals surface area contributed by atoms with E-state index in [0.29, 0.717) is 17.0 Å². The predicted octanol–water partition coefficient (Wildman–Crippen LogP) is 3.05. The quantitative estimate of drug-likeness (QED) is 0.860. The number of halogens is 1. The minimum atomic E-state index is -0.388. The van der Waals surface area contributed by atoms with Crippen molar-refractivity contribution < 1.29 is 18.7 Å². The number of ketones is 1. The monoisotopic (exact) mass is 287 g/mol. The third-order valence-electron chi connectivity index (χ3n) is 2.71. The Bertz CT molecular complexity index is 636. The Morgan fingerprint density at radius 3 is 2.24 bits per heavy atom. The van der Waals surface area contributed by atoms with Crippen LogP contribution in [0.1, 0.15) is 17.3 Å². The first-order valence-corrected chi connectivity index (χ1v) is 6.34. The topological polar surface area (TPSA) is 55.4 Å². The average Bonchev–Trinajstić information content (AvgIpc) is 2.46. The van der Waals surface area contributed by atoms with Gasteiger partial charge in [0.25, 0.3) is 0 Å². The van der Waals surface area contributed by atoms with Crippen LogP contribution in [0.4, 0.5) is 10.1 Å². The molecule has 4 nitrogen and oxygen atoms in total. The molecular weight excluding hydrogens is 273 g/mol. The molecule has 0 aliphatic rings. The molecule has 5 heteroatoms. The lowest BCUT2D eigenvalue weighted by atomic mass is 10.1. The number of rotatable bonds is 5. The number of hydrogen-bond acceptors (Lipinski definition) is 3. The summed E-state index contributed by atoms with van der Waals surface area (Å²) in [6.07, 6.45) is 0. The second-order valence-electron chi connectivity index (χ2n) is 4.42. The zero-order chi connectivity index (χ0) is 15.2. The van der Waals surface area contributed by atoms with Crippen LogP contribution in [0.3, 0.4) is 0 Å². The number of benzene rings is 2. The number of anilines is 1. The number of nitrogens with one attached hydrogen (secondary N) is 1. The average molecular weight is 287 g/mol. The summed E-state index contributed by atoms with van der Waals surface area (Å²) in [5.74, 6) is -0.267. The van der Waals surface area contributed by atoms with Gasteiger partial charge in [0.2, 0.25) is 5.91 Å². The Labute approximate surface area is 121 Å². The summed E-state index contributed by atoms with van der Waals surface area (Å²) in [4.78, 5) is 22.7. The van der Waals surface area contributed by atoms with Crippen molar-refractivity contribution in [2.24, 2.45) is 0 Å². The highest BCUT2D eigenvalue weighted by atomic mass is 19.1. The van der Waals surface area contributed by atoms with Crippen LogP contribution in [0, 0.1) is 5.82 Å². The van der Waals surface area contributed by atoms with Crippen molar-refractivity contribution in [3.63, 3.8) is 0 Å². The second kappa shape index (κ2) is 6.65. The van der Waals surface area contributed by atoms with E-state index in [1.807, 2.05) is 0 Å². The summed E-state index contributed by atoms with van der Waals surface area (Å²) in [6, 6.07) is 12.0. The van der Waals surface area contributed by atoms with Gasteiger partial charge in [0, 0.05) is 18.2 Å². The number of hydrogen-bond donors (Lipinski definition) is 1. The van der Waals surface area contributed by atoms with Crippen LogP contribution in [0.2, 0.25) is 0 Å². The lowest BCUT2D eigenvalue weighted by molar-refractivity contribution is -0.114. The van der Waals surface area contributed by atoms with E-state index in [4.69, 9.17) is 4.74 Å². The fourth-order valence-corrected chi connectivity index (χ4v) is 1.71. The molecular formula is C16H14FNO3. The molecule has 0 heterocycles. The number of carbonyl (C=O) groups is 2. The zero-order valence-corrected chi connectivity index (χ0v) is 11.4. The Kier molecular flexibility index (Phi) is 4.66. The Balaban J connectivity index is 1.92. The van der Waals surface area contributed by atoms with Crippen LogP contribution in [0.25, 0.3) is 0 Å². The highest BCUT2D eigenvalue weighted by molar-refractivity contribution is 5.97. The van der Waals surface area contributed by atoms with Gasteiger partial charge in [0.05, 0.1) is 0 Å². The lowest BCUT2D eigenvalue weighted by Crippen LogP contribution is -2.11. The molecule has 0 spiro atoms. The van der Waals surface area contributed by atoms with Gasteiger partial charge in [-0.3, -0.25) is 9.59 Å². The Hall–Kier alpha value is -2.69. The van der Waals surface area contributed by atoms with Gasteiger partial charge in [-0.1, -0.05) is 0 Å². The first-order chi connectivity index (χ1) is 10.0. The van der Waals surface area contributed by atoms with Crippen molar-refractivity contribution in [3.05, 3.63) is 59.9 Å². The first kappa shape index (κ1) is 14.7. The molecule has 2 rings (SSSR count). The molecule has 0 saturated heterocycles. The van der Waals surface area contributed by atoms with E-state index < -0.39 is 0 Å². The molecule has 1 N–H and O–H groups in total. The molecule has 0 aliphatic carbocycles. The summed E-state index contributed by atoms with van der Waals surface area (Å²) in [7, 11) is 0. The normalized spacial score (nSPS) is 10.0. The maximum Gasteiger partial charge on any atom is 0.221 e. The zero-order valence-electron chi connectivity index (χ0n) is 11.4. The van der Waals surface area contributed by atoms with E-state index in [2.05, 4.69) is 5.32 Å². The molecule has 1 amide bonds. The van der Waals surface area contributed by atoms with Gasteiger partial charge >= 0.3 is 0 Å². The van der Waals surface area contributed by atoms with E-state index in [-0.39, 0.29) is 24.1 Å². The Morgan fingerprint density at radius 2 is 1.67 bits per heavy atom. The van der Waals surface area contributed by atoms with Crippen LogP contribution in [0.5, 0.6) is 5.75 Å². The van der Waals surface area contributed by atoms with Gasteiger partial charge in [-0.05, 0) is 48.5 Å². The molecule has 0 fully saturated rings. The third-order valence-corrected chi connectivity index (χ3v) is 2.71. The van der Waals surface area contributed by atoms with Gasteiger partial charge in [-0.15, -0.1) is 0 Å². The molecule has 0 aliphatic heterocycles. The van der Waals surface area contributed by atoms with Gasteiger partial charge < -0.3 is 10.1 Å². The number of amides is 1. The van der Waals surface area contributed by atoms with Crippen molar-refractivity contribution in [1.29, 1.82) is 0 Å². The van der Waals surface area contributed by atoms with Crippen LogP contribution in [-0.4, -0.2) is 18.3 Å². The Morgan fingerprint density at radius 1 is 1.05 bits per heavy atom. The first-order valence-electron chi connectivity index (χ1n) is 6.34. The van der Waals surface area contributed by atoms with Crippen molar-refractivity contribution in [2.75, 3.05) is 11.9 Å². The van der Waals surface area contributed by atoms with Gasteiger partial charge in [0.1, 0.15) is 11.6 Å². The van der Waals surface area contributed by atoms with Gasteiger partial charge in [-0.25, -0.2) is 4.39 Å². The van der Waals surface area contributed by atoms with E-state index in [0.717, 1.165) is 0 Å². The molecule has 2 aromatic carbocycles. The summed E-state index contributed by atoms with van der Waals surface area (Å²) in [5, 5.41) is 2.63. The van der Waals surface area contributed by atoms with E-state index in [1.54, 1.807) is 24.3 Å². The number of carbonyl (C=O) groups excluding carboxylic acids is 2. The van der Waals surface area contributed by atoms with Crippen molar-refractivity contribution in [2.45, 2.75) is 6.92 Å². The van der Waals surface area contributed by atoms with Gasteiger partial charge in [-0.2, -0.15) is 0 Å². The summed E-state index contributed by atoms with van der Waals surface area (Å²) < 4.78 is 18.1. The molecule has 0 bridgehead atoms. The maximum absolute atomic E-state index is 12.8. The lowest BCUT2D eigenvalue weighted by Gasteiger charge is -2.07. The van der Waals surface area contributed by atoms with Crippen LogP contribution in [-0.2, 0) is 4.79 Å². The summed E-state index contributed by atoms with van der Waals surface area (Å²) in [6.45, 7) is 1.29. The van der Waals surface area contributed by atoms with Crippen molar-refractivity contribution >= 4 is 17.4 Å². The summed E-state index contributed by atoms with van der Waals surface area (Å²) in [5.41, 5.74) is 1.05. The molecule has 0 aromatic heterocycles. The summed E-state index contributed by atoms with van der Waals surface area (Å²) >= 11 is 0. The van der Waals surface area contributed by atoms with Gasteiger partial charge in [0.15, 0.2) is 12.4 Å². The highest BCUT2D eigenvalue weighted by Gasteiger charge is 2.07. The third kappa shape index (κ3) is 4.42. The van der Waals surface area contributed by atoms with Crippen LogP contribution >= 0.6 is 0 Å². The molecule has 0 unspecified atom stereocenters. The highest BCUT2D eigenvalue weighted by Crippen LogP contribution is 2.16. The smallest absolute Gasteiger partial charge is 0.221 e. The fraction of sp³-hybridized carbons (Fsp3) is 0.125. The second-order valence-corrected chi connectivity index (χ2v) is 4.42. The van der Waals surface area contributed by atoms with Crippen molar-refractivity contribution in [3.8, 4) is 5.75 Å². The van der Waals surface area contributed by atoms with Crippen LogP contribution < -0.4 is 10.1 Å². The standard InChI is InChI=1S/C16H14FNO3/c1-11(19)18-14-6-8-15(9-7-14)21-10-16(20)12-2-4-13(17)5-3-12/h2-9H,10H2,1H3,(H,18,19). The van der Waals surface area contributed by atoms with Crippen LogP contribution in [0.15, 0.2) is 48.5 Å².